The third-order valence-corrected chi connectivity index (χ3v) is 6.55. The van der Waals surface area contributed by atoms with Crippen LogP contribution in [0.3, 0.4) is 0 Å². The molecular formula is C27H31N3O3. The Morgan fingerprint density at radius 1 is 1.12 bits per heavy atom. The SMILES string of the molecule is CCCCc1nc(O)c(C(=O)N2CC[C@H](c3ccccc3)C2)c(=O)n1C(C)c1ccccc1. The van der Waals surface area contributed by atoms with E-state index < -0.39 is 17.3 Å². The van der Waals surface area contributed by atoms with Crippen LogP contribution in [0, 0.1) is 0 Å². The van der Waals surface area contributed by atoms with Crippen LogP contribution < -0.4 is 5.56 Å². The summed E-state index contributed by atoms with van der Waals surface area (Å²) in [4.78, 5) is 33.1. The summed E-state index contributed by atoms with van der Waals surface area (Å²) >= 11 is 0. The lowest BCUT2D eigenvalue weighted by atomic mass is 9.99. The molecule has 2 aromatic carbocycles. The molecule has 4 rings (SSSR count). The first-order chi connectivity index (χ1) is 16.0. The summed E-state index contributed by atoms with van der Waals surface area (Å²) in [5.41, 5.74) is 1.43. The summed E-state index contributed by atoms with van der Waals surface area (Å²) in [5.74, 6) is -0.175. The quantitative estimate of drug-likeness (QED) is 0.580. The van der Waals surface area contributed by atoms with Gasteiger partial charge in [0.2, 0.25) is 5.88 Å². The van der Waals surface area contributed by atoms with E-state index in [1.54, 1.807) is 9.47 Å². The maximum Gasteiger partial charge on any atom is 0.270 e. The van der Waals surface area contributed by atoms with E-state index in [4.69, 9.17) is 0 Å². The van der Waals surface area contributed by atoms with Crippen molar-refractivity contribution in [1.29, 1.82) is 0 Å². The fourth-order valence-corrected chi connectivity index (χ4v) is 4.64. The lowest BCUT2D eigenvalue weighted by molar-refractivity contribution is 0.0783. The van der Waals surface area contributed by atoms with Crippen molar-refractivity contribution < 1.29 is 9.90 Å². The summed E-state index contributed by atoms with van der Waals surface area (Å²) in [6.45, 7) is 5.06. The van der Waals surface area contributed by atoms with Gasteiger partial charge in [0, 0.05) is 25.4 Å². The predicted molar refractivity (Wildman–Crippen MR) is 129 cm³/mol. The van der Waals surface area contributed by atoms with Crippen LogP contribution in [0.1, 0.15) is 72.4 Å². The Balaban J connectivity index is 1.70. The van der Waals surface area contributed by atoms with E-state index in [2.05, 4.69) is 24.0 Å². The minimum Gasteiger partial charge on any atom is -0.493 e. The van der Waals surface area contributed by atoms with Crippen LogP contribution in [0.15, 0.2) is 65.5 Å². The van der Waals surface area contributed by atoms with Gasteiger partial charge in [-0.15, -0.1) is 0 Å². The Morgan fingerprint density at radius 3 is 2.45 bits per heavy atom. The second kappa shape index (κ2) is 10.0. The van der Waals surface area contributed by atoms with E-state index in [9.17, 15) is 14.7 Å². The molecule has 172 valence electrons. The Morgan fingerprint density at radius 2 is 1.79 bits per heavy atom. The highest BCUT2D eigenvalue weighted by Gasteiger charge is 2.33. The van der Waals surface area contributed by atoms with Crippen molar-refractivity contribution in [2.24, 2.45) is 0 Å². The molecule has 0 saturated carbocycles. The first-order valence-corrected chi connectivity index (χ1v) is 11.7. The molecule has 1 N–H and O–H groups in total. The number of nitrogens with zero attached hydrogens (tertiary/aromatic N) is 3. The number of aromatic hydroxyl groups is 1. The van der Waals surface area contributed by atoms with E-state index in [1.807, 2.05) is 55.5 Å². The molecule has 1 saturated heterocycles. The average molecular weight is 446 g/mol. The van der Waals surface area contributed by atoms with Crippen molar-refractivity contribution in [3.8, 4) is 5.88 Å². The zero-order chi connectivity index (χ0) is 23.4. The zero-order valence-corrected chi connectivity index (χ0v) is 19.3. The summed E-state index contributed by atoms with van der Waals surface area (Å²) in [6, 6.07) is 19.5. The minimum absolute atomic E-state index is 0.222. The molecule has 0 spiro atoms. The molecule has 2 heterocycles. The molecular weight excluding hydrogens is 414 g/mol. The maximum absolute atomic E-state index is 13.7. The van der Waals surface area contributed by atoms with Crippen molar-refractivity contribution in [3.63, 3.8) is 0 Å². The first kappa shape index (κ1) is 22.8. The van der Waals surface area contributed by atoms with Gasteiger partial charge in [-0.1, -0.05) is 74.0 Å². The number of carbonyl (C=O) groups is 1. The van der Waals surface area contributed by atoms with Gasteiger partial charge in [0.15, 0.2) is 5.56 Å². The number of rotatable bonds is 7. The van der Waals surface area contributed by atoms with Crippen molar-refractivity contribution >= 4 is 5.91 Å². The van der Waals surface area contributed by atoms with Gasteiger partial charge in [-0.2, -0.15) is 4.98 Å². The Labute approximate surface area is 194 Å². The lowest BCUT2D eigenvalue weighted by Gasteiger charge is -2.22. The minimum atomic E-state index is -0.474. The largest absolute Gasteiger partial charge is 0.493 e. The van der Waals surface area contributed by atoms with Crippen molar-refractivity contribution in [2.75, 3.05) is 13.1 Å². The molecule has 0 aliphatic carbocycles. The molecule has 1 amide bonds. The molecule has 1 aliphatic rings. The van der Waals surface area contributed by atoms with E-state index in [-0.39, 0.29) is 17.5 Å². The highest BCUT2D eigenvalue weighted by molar-refractivity contribution is 5.96. The van der Waals surface area contributed by atoms with Crippen LogP contribution in [0.4, 0.5) is 0 Å². The number of hydrogen-bond acceptors (Lipinski definition) is 4. The van der Waals surface area contributed by atoms with E-state index in [0.717, 1.165) is 24.8 Å². The smallest absolute Gasteiger partial charge is 0.270 e. The topological polar surface area (TPSA) is 75.4 Å². The molecule has 1 unspecified atom stereocenters. The standard InChI is InChI=1S/C27H31N3O3/c1-3-4-15-23-28-25(31)24(27(33)30(23)19(2)20-11-7-5-8-12-20)26(32)29-17-16-22(18-29)21-13-9-6-10-14-21/h5-14,19,22,31H,3-4,15-18H2,1-2H3/t19?,22-/m0/s1. The Hall–Kier alpha value is -3.41. The van der Waals surface area contributed by atoms with Gasteiger partial charge in [0.1, 0.15) is 5.82 Å². The molecule has 6 nitrogen and oxygen atoms in total. The number of amides is 1. The third kappa shape index (κ3) is 4.70. The van der Waals surface area contributed by atoms with Crippen molar-refractivity contribution in [2.45, 2.75) is 51.5 Å². The van der Waals surface area contributed by atoms with Crippen LogP contribution in [0.5, 0.6) is 5.88 Å². The number of hydrogen-bond donors (Lipinski definition) is 1. The Kier molecular flexibility index (Phi) is 6.92. The monoisotopic (exact) mass is 445 g/mol. The fourth-order valence-electron chi connectivity index (χ4n) is 4.64. The van der Waals surface area contributed by atoms with Crippen LogP contribution in [0.25, 0.3) is 0 Å². The van der Waals surface area contributed by atoms with E-state index >= 15 is 0 Å². The molecule has 1 fully saturated rings. The van der Waals surface area contributed by atoms with Gasteiger partial charge >= 0.3 is 0 Å². The molecule has 0 bridgehead atoms. The van der Waals surface area contributed by atoms with Gasteiger partial charge in [0.25, 0.3) is 11.5 Å². The molecule has 33 heavy (non-hydrogen) atoms. The molecule has 1 aliphatic heterocycles. The number of aryl methyl sites for hydroxylation is 1. The predicted octanol–water partition coefficient (Wildman–Crippen LogP) is 4.53. The maximum atomic E-state index is 13.7. The molecule has 0 radical (unpaired) electrons. The van der Waals surface area contributed by atoms with Crippen LogP contribution in [0.2, 0.25) is 0 Å². The number of likely N-dealkylation sites (tertiary alicyclic amines) is 1. The highest BCUT2D eigenvalue weighted by atomic mass is 16.3. The van der Waals surface area contributed by atoms with Gasteiger partial charge in [0.05, 0.1) is 6.04 Å². The van der Waals surface area contributed by atoms with E-state index in [1.165, 1.54) is 5.56 Å². The first-order valence-electron chi connectivity index (χ1n) is 11.7. The fraction of sp³-hybridized carbons (Fsp3) is 0.370. The molecule has 1 aromatic heterocycles. The van der Waals surface area contributed by atoms with E-state index in [0.29, 0.717) is 25.3 Å². The summed E-state index contributed by atoms with van der Waals surface area (Å²) in [7, 11) is 0. The normalized spacial score (nSPS) is 16.7. The van der Waals surface area contributed by atoms with Crippen LogP contribution >= 0.6 is 0 Å². The molecule has 6 heteroatoms. The number of unbranched alkanes of at least 4 members (excludes halogenated alkanes) is 1. The summed E-state index contributed by atoms with van der Waals surface area (Å²) < 4.78 is 1.59. The number of benzene rings is 2. The van der Waals surface area contributed by atoms with Crippen LogP contribution in [-0.4, -0.2) is 38.6 Å². The van der Waals surface area contributed by atoms with Crippen molar-refractivity contribution in [1.82, 2.24) is 14.5 Å². The molecule has 2 atom stereocenters. The Bertz CT molecular complexity index is 1160. The average Bonchev–Trinajstić information content (AvgIpc) is 3.34. The second-order valence-electron chi connectivity index (χ2n) is 8.74. The van der Waals surface area contributed by atoms with Gasteiger partial charge < -0.3 is 10.0 Å². The number of carbonyl (C=O) groups excluding carboxylic acids is 1. The number of aromatic nitrogens is 2. The highest BCUT2D eigenvalue weighted by Crippen LogP contribution is 2.29. The summed E-state index contributed by atoms with van der Waals surface area (Å²) in [5, 5.41) is 10.7. The molecule has 3 aromatic rings. The van der Waals surface area contributed by atoms with Gasteiger partial charge in [-0.3, -0.25) is 14.2 Å². The lowest BCUT2D eigenvalue weighted by Crippen LogP contribution is -2.38. The van der Waals surface area contributed by atoms with Gasteiger partial charge in [-0.05, 0) is 30.9 Å². The van der Waals surface area contributed by atoms with Crippen LogP contribution in [-0.2, 0) is 6.42 Å². The van der Waals surface area contributed by atoms with Gasteiger partial charge in [-0.25, -0.2) is 0 Å². The summed E-state index contributed by atoms with van der Waals surface area (Å²) in [6.07, 6.45) is 3.16. The second-order valence-corrected chi connectivity index (χ2v) is 8.74. The third-order valence-electron chi connectivity index (χ3n) is 6.55. The zero-order valence-electron chi connectivity index (χ0n) is 19.3. The van der Waals surface area contributed by atoms with Crippen molar-refractivity contribution in [3.05, 3.63) is 93.5 Å².